The highest BCUT2D eigenvalue weighted by Crippen LogP contribution is 2.18. The monoisotopic (exact) mass is 342 g/mol. The molecule has 4 aromatic rings. The molecule has 0 radical (unpaired) electrons. The maximum atomic E-state index is 4.66. The molecule has 26 heavy (non-hydrogen) atoms. The number of H-pyrrole nitrogens is 1. The summed E-state index contributed by atoms with van der Waals surface area (Å²) in [5, 5.41) is 2.69. The summed E-state index contributed by atoms with van der Waals surface area (Å²) in [5.41, 5.74) is 3.70. The third kappa shape index (κ3) is 4.13. The zero-order valence-electron chi connectivity index (χ0n) is 15.2. The van der Waals surface area contributed by atoms with Crippen LogP contribution in [-0.2, 0) is 12.8 Å². The summed E-state index contributed by atoms with van der Waals surface area (Å²) in [4.78, 5) is 8.08. The first-order valence-corrected chi connectivity index (χ1v) is 9.80. The van der Waals surface area contributed by atoms with Gasteiger partial charge in [-0.25, -0.2) is 4.98 Å². The van der Waals surface area contributed by atoms with Gasteiger partial charge in [-0.05, 0) is 47.7 Å². The summed E-state index contributed by atoms with van der Waals surface area (Å²) in [6.45, 7) is 0. The third-order valence-corrected chi connectivity index (χ3v) is 5.13. The number of para-hydroxylation sites is 2. The van der Waals surface area contributed by atoms with E-state index in [-0.39, 0.29) is 0 Å². The van der Waals surface area contributed by atoms with E-state index in [9.17, 15) is 0 Å². The van der Waals surface area contributed by atoms with Crippen molar-refractivity contribution in [2.24, 2.45) is 0 Å². The Bertz CT molecular complexity index is 951. The number of aromatic nitrogens is 2. The first-order chi connectivity index (χ1) is 12.9. The van der Waals surface area contributed by atoms with E-state index in [2.05, 4.69) is 70.6 Å². The highest BCUT2D eigenvalue weighted by atomic mass is 14.9. The van der Waals surface area contributed by atoms with E-state index < -0.39 is 0 Å². The second-order valence-corrected chi connectivity index (χ2v) is 7.15. The van der Waals surface area contributed by atoms with Gasteiger partial charge in [0.05, 0.1) is 11.0 Å². The molecular formula is C24H26N2. The van der Waals surface area contributed by atoms with Crippen LogP contribution in [0.3, 0.4) is 0 Å². The van der Waals surface area contributed by atoms with Crippen molar-refractivity contribution >= 4 is 21.8 Å². The predicted molar refractivity (Wildman–Crippen MR) is 111 cm³/mol. The Hall–Kier alpha value is -2.61. The number of hydrogen-bond acceptors (Lipinski definition) is 1. The lowest BCUT2D eigenvalue weighted by molar-refractivity contribution is 0.608. The van der Waals surface area contributed by atoms with E-state index >= 15 is 0 Å². The maximum absolute atomic E-state index is 4.66. The molecule has 3 aromatic carbocycles. The average molecular weight is 342 g/mol. The maximum Gasteiger partial charge on any atom is 0.107 e. The van der Waals surface area contributed by atoms with Crippen molar-refractivity contribution in [2.45, 2.75) is 44.9 Å². The van der Waals surface area contributed by atoms with Crippen LogP contribution < -0.4 is 0 Å². The Morgan fingerprint density at radius 1 is 0.654 bits per heavy atom. The minimum Gasteiger partial charge on any atom is -0.342 e. The summed E-state index contributed by atoms with van der Waals surface area (Å²) in [5.74, 6) is 1.13. The molecule has 0 aliphatic heterocycles. The molecule has 0 aliphatic carbocycles. The molecule has 0 saturated carbocycles. The number of nitrogens with zero attached hydrogens (tertiary/aromatic N) is 1. The number of unbranched alkanes of at least 4 members (excludes halogenated alkanes) is 4. The van der Waals surface area contributed by atoms with E-state index in [0.717, 1.165) is 23.3 Å². The van der Waals surface area contributed by atoms with Gasteiger partial charge in [0, 0.05) is 6.42 Å². The van der Waals surface area contributed by atoms with Crippen molar-refractivity contribution in [1.82, 2.24) is 9.97 Å². The van der Waals surface area contributed by atoms with Crippen molar-refractivity contribution in [1.29, 1.82) is 0 Å². The zero-order chi connectivity index (χ0) is 17.6. The van der Waals surface area contributed by atoms with E-state index in [1.165, 1.54) is 54.9 Å². The normalized spacial score (nSPS) is 11.4. The molecule has 132 valence electrons. The standard InChI is InChI=1S/C24H26N2/c1(3-5-15-24-25-22-13-8-9-14-23(22)26-24)2-4-10-19-16-17-20-11-6-7-12-21(20)18-19/h6-9,11-14,16-18H,1-5,10,15H2,(H,25,26). The number of rotatable bonds is 8. The topological polar surface area (TPSA) is 28.7 Å². The van der Waals surface area contributed by atoms with Crippen molar-refractivity contribution < 1.29 is 0 Å². The van der Waals surface area contributed by atoms with Gasteiger partial charge in [-0.2, -0.15) is 0 Å². The molecule has 0 saturated heterocycles. The second-order valence-electron chi connectivity index (χ2n) is 7.15. The van der Waals surface area contributed by atoms with Gasteiger partial charge in [-0.1, -0.05) is 73.9 Å². The van der Waals surface area contributed by atoms with Gasteiger partial charge in [0.15, 0.2) is 0 Å². The molecule has 0 amide bonds. The van der Waals surface area contributed by atoms with Crippen LogP contribution in [0.1, 0.15) is 43.5 Å². The lowest BCUT2D eigenvalue weighted by Crippen LogP contribution is -1.90. The summed E-state index contributed by atoms with van der Waals surface area (Å²) < 4.78 is 0. The highest BCUT2D eigenvalue weighted by molar-refractivity contribution is 5.83. The van der Waals surface area contributed by atoms with Gasteiger partial charge in [-0.15, -0.1) is 0 Å². The van der Waals surface area contributed by atoms with Gasteiger partial charge < -0.3 is 4.98 Å². The lowest BCUT2D eigenvalue weighted by Gasteiger charge is -2.04. The molecule has 0 aliphatic rings. The van der Waals surface area contributed by atoms with Crippen LogP contribution in [0.15, 0.2) is 66.7 Å². The van der Waals surface area contributed by atoms with Gasteiger partial charge >= 0.3 is 0 Å². The van der Waals surface area contributed by atoms with Crippen LogP contribution in [0.5, 0.6) is 0 Å². The quantitative estimate of drug-likeness (QED) is 0.366. The molecule has 2 nitrogen and oxygen atoms in total. The van der Waals surface area contributed by atoms with Gasteiger partial charge in [-0.3, -0.25) is 0 Å². The van der Waals surface area contributed by atoms with Gasteiger partial charge in [0.25, 0.3) is 0 Å². The van der Waals surface area contributed by atoms with E-state index in [0.29, 0.717) is 0 Å². The van der Waals surface area contributed by atoms with Crippen molar-refractivity contribution in [3.8, 4) is 0 Å². The Labute approximate surface area is 155 Å². The van der Waals surface area contributed by atoms with Crippen LogP contribution in [0, 0.1) is 0 Å². The first kappa shape index (κ1) is 16.8. The Morgan fingerprint density at radius 3 is 2.27 bits per heavy atom. The van der Waals surface area contributed by atoms with Gasteiger partial charge in [0.1, 0.15) is 5.82 Å². The molecule has 0 spiro atoms. The van der Waals surface area contributed by atoms with Gasteiger partial charge in [0.2, 0.25) is 0 Å². The molecule has 0 fully saturated rings. The van der Waals surface area contributed by atoms with Crippen LogP contribution in [0.2, 0.25) is 0 Å². The molecule has 0 bridgehead atoms. The molecule has 4 rings (SSSR count). The number of fused-ring (bicyclic) bond motifs is 2. The molecular weight excluding hydrogens is 316 g/mol. The fourth-order valence-corrected chi connectivity index (χ4v) is 3.67. The van der Waals surface area contributed by atoms with Crippen LogP contribution >= 0.6 is 0 Å². The van der Waals surface area contributed by atoms with E-state index in [1.54, 1.807) is 0 Å². The van der Waals surface area contributed by atoms with E-state index in [4.69, 9.17) is 0 Å². The number of aromatic amines is 1. The van der Waals surface area contributed by atoms with Crippen LogP contribution in [-0.4, -0.2) is 9.97 Å². The molecule has 1 N–H and O–H groups in total. The van der Waals surface area contributed by atoms with Crippen molar-refractivity contribution in [3.63, 3.8) is 0 Å². The van der Waals surface area contributed by atoms with Crippen LogP contribution in [0.4, 0.5) is 0 Å². The summed E-state index contributed by atoms with van der Waals surface area (Å²) in [6, 6.07) is 23.8. The second kappa shape index (κ2) is 8.18. The molecule has 1 heterocycles. The number of benzene rings is 3. The average Bonchev–Trinajstić information content (AvgIpc) is 3.10. The van der Waals surface area contributed by atoms with E-state index in [1.807, 2.05) is 6.07 Å². The highest BCUT2D eigenvalue weighted by Gasteiger charge is 2.02. The minimum absolute atomic E-state index is 1.05. The van der Waals surface area contributed by atoms with Crippen LogP contribution in [0.25, 0.3) is 21.8 Å². The fourth-order valence-electron chi connectivity index (χ4n) is 3.67. The number of hydrogen-bond donors (Lipinski definition) is 1. The molecule has 0 unspecified atom stereocenters. The number of imidazole rings is 1. The number of nitrogens with one attached hydrogen (secondary N) is 1. The third-order valence-electron chi connectivity index (χ3n) is 5.13. The summed E-state index contributed by atoms with van der Waals surface area (Å²) in [7, 11) is 0. The minimum atomic E-state index is 1.05. The Morgan fingerprint density at radius 2 is 1.38 bits per heavy atom. The zero-order valence-corrected chi connectivity index (χ0v) is 15.2. The smallest absolute Gasteiger partial charge is 0.107 e. The molecule has 2 heteroatoms. The number of aryl methyl sites for hydroxylation is 2. The molecule has 1 aromatic heterocycles. The lowest BCUT2D eigenvalue weighted by atomic mass is 10.0. The predicted octanol–water partition coefficient (Wildman–Crippen LogP) is 6.45. The SMILES string of the molecule is c1ccc2cc(CCCCCCCc3nc4ccccc4[nH]3)ccc2c1. The first-order valence-electron chi connectivity index (χ1n) is 9.80. The molecule has 0 atom stereocenters. The summed E-state index contributed by atoms with van der Waals surface area (Å²) >= 11 is 0. The van der Waals surface area contributed by atoms with Crippen molar-refractivity contribution in [2.75, 3.05) is 0 Å². The fraction of sp³-hybridized carbons (Fsp3) is 0.292. The van der Waals surface area contributed by atoms with Crippen molar-refractivity contribution in [3.05, 3.63) is 78.1 Å². The Balaban J connectivity index is 1.16. The Kier molecular flexibility index (Phi) is 5.30. The largest absolute Gasteiger partial charge is 0.342 e. The summed E-state index contributed by atoms with van der Waals surface area (Å²) in [6.07, 6.45) is 8.65.